The van der Waals surface area contributed by atoms with E-state index in [0.717, 1.165) is 16.9 Å². The highest BCUT2D eigenvalue weighted by atomic mass is 32.1. The Bertz CT molecular complexity index is 704. The molecule has 2 aromatic rings. The summed E-state index contributed by atoms with van der Waals surface area (Å²) < 4.78 is 0. The van der Waals surface area contributed by atoms with Crippen molar-refractivity contribution >= 4 is 17.2 Å². The third-order valence-corrected chi connectivity index (χ3v) is 3.19. The first kappa shape index (κ1) is 14.1. The molecule has 1 heterocycles. The van der Waals surface area contributed by atoms with E-state index in [1.54, 1.807) is 29.6 Å². The molecule has 0 saturated carbocycles. The maximum atomic E-state index is 11.9. The molecule has 0 saturated heterocycles. The molecule has 0 aliphatic carbocycles. The minimum atomic E-state index is -0.223. The number of aromatic amines is 1. The average Bonchev–Trinajstić information content (AvgIpc) is 2.89. The van der Waals surface area contributed by atoms with Crippen LogP contribution in [0.2, 0.25) is 0 Å². The van der Waals surface area contributed by atoms with E-state index in [9.17, 15) is 9.59 Å². The lowest BCUT2D eigenvalue weighted by Crippen LogP contribution is -2.23. The van der Waals surface area contributed by atoms with Crippen LogP contribution in [0, 0.1) is 11.8 Å². The van der Waals surface area contributed by atoms with E-state index in [1.165, 1.54) is 0 Å². The van der Waals surface area contributed by atoms with Crippen molar-refractivity contribution in [3.63, 3.8) is 0 Å². The quantitative estimate of drug-likeness (QED) is 0.728. The van der Waals surface area contributed by atoms with Crippen molar-refractivity contribution in [2.24, 2.45) is 0 Å². The summed E-state index contributed by atoms with van der Waals surface area (Å²) in [6.45, 7) is 0.0880. The Labute approximate surface area is 119 Å². The summed E-state index contributed by atoms with van der Waals surface area (Å²) in [6.07, 6.45) is 0. The molecule has 0 unspecified atom stereocenters. The van der Waals surface area contributed by atoms with Gasteiger partial charge in [0, 0.05) is 22.2 Å². The zero-order chi connectivity index (χ0) is 14.4. The molecule has 0 radical (unpaired) electrons. The van der Waals surface area contributed by atoms with Gasteiger partial charge in [-0.25, -0.2) is 0 Å². The van der Waals surface area contributed by atoms with Gasteiger partial charge in [0.25, 0.3) is 5.91 Å². The van der Waals surface area contributed by atoms with E-state index in [0.29, 0.717) is 11.3 Å². The summed E-state index contributed by atoms with van der Waals surface area (Å²) >= 11 is 1.06. The molecule has 0 bridgehead atoms. The summed E-state index contributed by atoms with van der Waals surface area (Å²) in [4.78, 5) is 25.3. The lowest BCUT2D eigenvalue weighted by Gasteiger charge is -2.03. The highest BCUT2D eigenvalue weighted by molar-refractivity contribution is 7.07. The van der Waals surface area contributed by atoms with Gasteiger partial charge >= 0.3 is 4.87 Å². The number of H-pyrrole nitrogens is 1. The van der Waals surface area contributed by atoms with Crippen LogP contribution in [0.3, 0.4) is 0 Å². The number of carbonyl (C=O) groups excluding carboxylic acids is 1. The minimum Gasteiger partial charge on any atom is -0.384 e. The van der Waals surface area contributed by atoms with Crippen LogP contribution in [-0.2, 0) is 6.54 Å². The van der Waals surface area contributed by atoms with Crippen LogP contribution in [0.1, 0.15) is 21.6 Å². The molecule has 0 spiro atoms. The zero-order valence-corrected chi connectivity index (χ0v) is 11.3. The topological polar surface area (TPSA) is 82.2 Å². The first-order valence-corrected chi connectivity index (χ1v) is 6.71. The van der Waals surface area contributed by atoms with Crippen LogP contribution in [0.25, 0.3) is 0 Å². The number of nitrogens with one attached hydrogen (secondary N) is 2. The number of hydrogen-bond donors (Lipinski definition) is 3. The normalized spacial score (nSPS) is 9.65. The highest BCUT2D eigenvalue weighted by Crippen LogP contribution is 2.04. The molecule has 3 N–H and O–H groups in total. The number of aromatic nitrogens is 1. The van der Waals surface area contributed by atoms with E-state index in [1.807, 2.05) is 0 Å². The number of aliphatic hydroxyl groups excluding tert-OH is 1. The first-order chi connectivity index (χ1) is 9.69. The van der Waals surface area contributed by atoms with Crippen molar-refractivity contribution in [3.05, 3.63) is 56.1 Å². The summed E-state index contributed by atoms with van der Waals surface area (Å²) in [6, 6.07) is 6.74. The molecule has 6 heteroatoms. The maximum Gasteiger partial charge on any atom is 0.304 e. The number of aliphatic hydroxyl groups is 1. The monoisotopic (exact) mass is 288 g/mol. The second-order valence-electron chi connectivity index (χ2n) is 3.89. The second-order valence-corrected chi connectivity index (χ2v) is 4.74. The van der Waals surface area contributed by atoms with E-state index in [2.05, 4.69) is 22.1 Å². The fraction of sp³-hybridized carbons (Fsp3) is 0.143. The lowest BCUT2D eigenvalue weighted by atomic mass is 10.1. The number of hydrogen-bond acceptors (Lipinski definition) is 4. The van der Waals surface area contributed by atoms with E-state index < -0.39 is 0 Å². The van der Waals surface area contributed by atoms with Gasteiger partial charge in [-0.15, -0.1) is 0 Å². The van der Waals surface area contributed by atoms with Gasteiger partial charge in [0.05, 0.1) is 6.54 Å². The molecular formula is C14H12N2O3S. The highest BCUT2D eigenvalue weighted by Gasteiger charge is 2.05. The van der Waals surface area contributed by atoms with Crippen molar-refractivity contribution in [2.45, 2.75) is 6.54 Å². The third kappa shape index (κ3) is 3.82. The summed E-state index contributed by atoms with van der Waals surface area (Å²) in [5, 5.41) is 13.0. The van der Waals surface area contributed by atoms with Gasteiger partial charge in [0.1, 0.15) is 6.61 Å². The minimum absolute atomic E-state index is 0.138. The Balaban J connectivity index is 1.97. The molecule has 1 aromatic heterocycles. The molecule has 1 amide bonds. The average molecular weight is 288 g/mol. The van der Waals surface area contributed by atoms with Crippen molar-refractivity contribution < 1.29 is 9.90 Å². The van der Waals surface area contributed by atoms with Crippen molar-refractivity contribution in [1.82, 2.24) is 10.3 Å². The summed E-state index contributed by atoms with van der Waals surface area (Å²) in [5.74, 6) is 5.06. The fourth-order valence-electron chi connectivity index (χ4n) is 1.52. The van der Waals surface area contributed by atoms with Gasteiger partial charge in [-0.1, -0.05) is 23.2 Å². The number of rotatable bonds is 3. The Morgan fingerprint density at radius 1 is 1.35 bits per heavy atom. The van der Waals surface area contributed by atoms with E-state index in [4.69, 9.17) is 5.11 Å². The van der Waals surface area contributed by atoms with Crippen LogP contribution in [-0.4, -0.2) is 22.6 Å². The standard InChI is InChI=1S/C14H12N2O3S/c17-7-1-2-10-3-5-11(6-4-10)13(18)15-8-12-9-20-14(19)16-12/h3-6,9,17H,7-8H2,(H,15,18)(H,16,19). The third-order valence-electron chi connectivity index (χ3n) is 2.47. The molecule has 1 aromatic carbocycles. The van der Waals surface area contributed by atoms with Gasteiger partial charge in [0.15, 0.2) is 0 Å². The summed E-state index contributed by atoms with van der Waals surface area (Å²) in [5.41, 5.74) is 1.92. The molecule has 0 atom stereocenters. The number of thiazole rings is 1. The van der Waals surface area contributed by atoms with Gasteiger partial charge in [0.2, 0.25) is 0 Å². The fourth-order valence-corrected chi connectivity index (χ4v) is 2.11. The van der Waals surface area contributed by atoms with Gasteiger partial charge in [-0.3, -0.25) is 9.59 Å². The predicted molar refractivity (Wildman–Crippen MR) is 76.5 cm³/mol. The SMILES string of the molecule is O=C(NCc1csc(=O)[nH]1)c1ccc(C#CCO)cc1. The Hall–Kier alpha value is -2.36. The molecule has 2 rings (SSSR count). The van der Waals surface area contributed by atoms with Crippen LogP contribution < -0.4 is 10.2 Å². The molecule has 0 aliphatic heterocycles. The van der Waals surface area contributed by atoms with Crippen LogP contribution in [0.4, 0.5) is 0 Å². The van der Waals surface area contributed by atoms with Crippen molar-refractivity contribution in [1.29, 1.82) is 0 Å². The van der Waals surface area contributed by atoms with Crippen LogP contribution in [0.15, 0.2) is 34.4 Å². The lowest BCUT2D eigenvalue weighted by molar-refractivity contribution is 0.0950. The Kier molecular flexibility index (Phi) is 4.71. The van der Waals surface area contributed by atoms with Crippen molar-refractivity contribution in [2.75, 3.05) is 6.61 Å². The smallest absolute Gasteiger partial charge is 0.304 e. The van der Waals surface area contributed by atoms with Gasteiger partial charge < -0.3 is 15.4 Å². The van der Waals surface area contributed by atoms with Gasteiger partial charge in [-0.05, 0) is 24.3 Å². The van der Waals surface area contributed by atoms with Crippen LogP contribution in [0.5, 0.6) is 0 Å². The van der Waals surface area contributed by atoms with Crippen LogP contribution >= 0.6 is 11.3 Å². The molecular weight excluding hydrogens is 276 g/mol. The first-order valence-electron chi connectivity index (χ1n) is 5.84. The number of benzene rings is 1. The zero-order valence-electron chi connectivity index (χ0n) is 10.5. The van der Waals surface area contributed by atoms with Gasteiger partial charge in [-0.2, -0.15) is 0 Å². The summed E-state index contributed by atoms with van der Waals surface area (Å²) in [7, 11) is 0. The molecule has 102 valence electrons. The predicted octanol–water partition coefficient (Wildman–Crippen LogP) is 0.710. The Morgan fingerprint density at radius 3 is 2.70 bits per heavy atom. The number of carbonyl (C=O) groups is 1. The van der Waals surface area contributed by atoms with E-state index in [-0.39, 0.29) is 23.9 Å². The largest absolute Gasteiger partial charge is 0.384 e. The molecule has 0 aliphatic rings. The maximum absolute atomic E-state index is 11.9. The molecule has 5 nitrogen and oxygen atoms in total. The second kappa shape index (κ2) is 6.70. The molecule has 20 heavy (non-hydrogen) atoms. The van der Waals surface area contributed by atoms with Crippen molar-refractivity contribution in [3.8, 4) is 11.8 Å². The Morgan fingerprint density at radius 2 is 2.10 bits per heavy atom. The number of amides is 1. The molecule has 0 fully saturated rings. The van der Waals surface area contributed by atoms with E-state index >= 15 is 0 Å².